The second kappa shape index (κ2) is 9.38. The molecule has 0 spiro atoms. The van der Waals surface area contributed by atoms with E-state index in [2.05, 4.69) is 19.2 Å². The van der Waals surface area contributed by atoms with Crippen LogP contribution in [0.15, 0.2) is 0 Å². The summed E-state index contributed by atoms with van der Waals surface area (Å²) in [7, 11) is 0. The van der Waals surface area contributed by atoms with Crippen LogP contribution in [0.1, 0.15) is 78.1 Å². The Balaban J connectivity index is 2.20. The number of hydrogen-bond donors (Lipinski definition) is 2. The SMILES string of the molecule is CCCCCCCCNC(=O)C1(CN)CCC(C)CC1. The summed E-state index contributed by atoms with van der Waals surface area (Å²) in [5.41, 5.74) is 5.64. The van der Waals surface area contributed by atoms with Gasteiger partial charge in [-0.2, -0.15) is 0 Å². The molecular formula is C17H34N2O. The fourth-order valence-corrected chi connectivity index (χ4v) is 3.13. The summed E-state index contributed by atoms with van der Waals surface area (Å²) in [4.78, 5) is 12.4. The number of hydrogen-bond acceptors (Lipinski definition) is 2. The lowest BCUT2D eigenvalue weighted by Gasteiger charge is -2.37. The highest BCUT2D eigenvalue weighted by Gasteiger charge is 2.39. The molecule has 3 heteroatoms. The molecule has 0 unspecified atom stereocenters. The minimum absolute atomic E-state index is 0.209. The number of amides is 1. The van der Waals surface area contributed by atoms with Gasteiger partial charge in [-0.15, -0.1) is 0 Å². The van der Waals surface area contributed by atoms with Crippen LogP contribution in [0.3, 0.4) is 0 Å². The van der Waals surface area contributed by atoms with Crippen LogP contribution in [0.25, 0.3) is 0 Å². The Morgan fingerprint density at radius 3 is 2.35 bits per heavy atom. The lowest BCUT2D eigenvalue weighted by Crippen LogP contribution is -2.48. The predicted octanol–water partition coefficient (Wildman–Crippen LogP) is 3.62. The summed E-state index contributed by atoms with van der Waals surface area (Å²) in [6.07, 6.45) is 11.8. The maximum atomic E-state index is 12.4. The van der Waals surface area contributed by atoms with Crippen LogP contribution in [-0.4, -0.2) is 19.0 Å². The summed E-state index contributed by atoms with van der Waals surface area (Å²) < 4.78 is 0. The molecule has 0 radical (unpaired) electrons. The Bertz CT molecular complexity index is 270. The van der Waals surface area contributed by atoms with Crippen LogP contribution in [0.5, 0.6) is 0 Å². The van der Waals surface area contributed by atoms with E-state index in [-0.39, 0.29) is 11.3 Å². The smallest absolute Gasteiger partial charge is 0.227 e. The lowest BCUT2D eigenvalue weighted by atomic mass is 9.70. The van der Waals surface area contributed by atoms with Gasteiger partial charge in [-0.3, -0.25) is 4.79 Å². The van der Waals surface area contributed by atoms with Gasteiger partial charge in [0.05, 0.1) is 5.41 Å². The van der Waals surface area contributed by atoms with Crippen molar-refractivity contribution < 1.29 is 4.79 Å². The van der Waals surface area contributed by atoms with Crippen LogP contribution in [-0.2, 0) is 4.79 Å². The zero-order chi connectivity index (χ0) is 14.8. The summed E-state index contributed by atoms with van der Waals surface area (Å²) in [5, 5.41) is 3.13. The summed E-state index contributed by atoms with van der Waals surface area (Å²) in [6.45, 7) is 5.83. The summed E-state index contributed by atoms with van der Waals surface area (Å²) in [5.74, 6) is 0.960. The maximum absolute atomic E-state index is 12.4. The van der Waals surface area contributed by atoms with E-state index in [1.165, 1.54) is 32.1 Å². The van der Waals surface area contributed by atoms with Crippen molar-refractivity contribution in [2.45, 2.75) is 78.1 Å². The molecule has 0 bridgehead atoms. The molecule has 0 atom stereocenters. The number of nitrogens with one attached hydrogen (secondary N) is 1. The highest BCUT2D eigenvalue weighted by molar-refractivity contribution is 5.83. The monoisotopic (exact) mass is 282 g/mol. The van der Waals surface area contributed by atoms with Crippen molar-refractivity contribution in [3.63, 3.8) is 0 Å². The Kier molecular flexibility index (Phi) is 8.20. The minimum Gasteiger partial charge on any atom is -0.356 e. The topological polar surface area (TPSA) is 55.1 Å². The Hall–Kier alpha value is -0.570. The third-order valence-electron chi connectivity index (χ3n) is 4.92. The minimum atomic E-state index is -0.269. The van der Waals surface area contributed by atoms with Crippen molar-refractivity contribution in [3.8, 4) is 0 Å². The number of carbonyl (C=O) groups excluding carboxylic acids is 1. The first kappa shape index (κ1) is 17.5. The number of unbranched alkanes of at least 4 members (excludes halogenated alkanes) is 5. The molecule has 1 amide bonds. The largest absolute Gasteiger partial charge is 0.356 e. The molecule has 1 saturated carbocycles. The summed E-state index contributed by atoms with van der Waals surface area (Å²) in [6, 6.07) is 0. The van der Waals surface area contributed by atoms with Crippen LogP contribution in [0.2, 0.25) is 0 Å². The van der Waals surface area contributed by atoms with Gasteiger partial charge < -0.3 is 11.1 Å². The van der Waals surface area contributed by atoms with Gasteiger partial charge in [-0.25, -0.2) is 0 Å². The average Bonchev–Trinajstić information content (AvgIpc) is 2.47. The average molecular weight is 282 g/mol. The predicted molar refractivity (Wildman–Crippen MR) is 85.5 cm³/mol. The van der Waals surface area contributed by atoms with Gasteiger partial charge in [0.1, 0.15) is 0 Å². The summed E-state index contributed by atoms with van der Waals surface area (Å²) >= 11 is 0. The molecule has 0 heterocycles. The molecule has 0 aliphatic heterocycles. The standard InChI is InChI=1S/C17H34N2O/c1-3-4-5-6-7-8-13-19-16(20)17(14-18)11-9-15(2)10-12-17/h15H,3-14,18H2,1-2H3,(H,19,20). The van der Waals surface area contributed by atoms with E-state index in [0.717, 1.165) is 44.6 Å². The number of rotatable bonds is 9. The van der Waals surface area contributed by atoms with Crippen molar-refractivity contribution in [1.29, 1.82) is 0 Å². The van der Waals surface area contributed by atoms with Crippen LogP contribution < -0.4 is 11.1 Å². The van der Waals surface area contributed by atoms with Gasteiger partial charge in [0.25, 0.3) is 0 Å². The Morgan fingerprint density at radius 1 is 1.15 bits per heavy atom. The third kappa shape index (κ3) is 5.43. The number of carbonyl (C=O) groups is 1. The fraction of sp³-hybridized carbons (Fsp3) is 0.941. The normalized spacial score (nSPS) is 26.4. The Morgan fingerprint density at radius 2 is 1.75 bits per heavy atom. The highest BCUT2D eigenvalue weighted by atomic mass is 16.2. The molecule has 118 valence electrons. The quantitative estimate of drug-likeness (QED) is 0.635. The molecular weight excluding hydrogens is 248 g/mol. The van der Waals surface area contributed by atoms with Crippen LogP contribution in [0.4, 0.5) is 0 Å². The lowest BCUT2D eigenvalue weighted by molar-refractivity contribution is -0.132. The molecule has 3 N–H and O–H groups in total. The molecule has 0 saturated heterocycles. The molecule has 20 heavy (non-hydrogen) atoms. The van der Waals surface area contributed by atoms with Crippen LogP contribution >= 0.6 is 0 Å². The number of nitrogens with two attached hydrogens (primary N) is 1. The van der Waals surface area contributed by atoms with Gasteiger partial charge in [0, 0.05) is 13.1 Å². The maximum Gasteiger partial charge on any atom is 0.227 e. The van der Waals surface area contributed by atoms with E-state index in [9.17, 15) is 4.79 Å². The van der Waals surface area contributed by atoms with Crippen LogP contribution in [0, 0.1) is 11.3 Å². The van der Waals surface area contributed by atoms with E-state index in [0.29, 0.717) is 6.54 Å². The Labute approximate surface area is 125 Å². The van der Waals surface area contributed by atoms with Crippen molar-refractivity contribution in [3.05, 3.63) is 0 Å². The first-order valence-electron chi connectivity index (χ1n) is 8.63. The fourth-order valence-electron chi connectivity index (χ4n) is 3.13. The van der Waals surface area contributed by atoms with Gasteiger partial charge in [0.15, 0.2) is 0 Å². The van der Waals surface area contributed by atoms with Crippen molar-refractivity contribution >= 4 is 5.91 Å². The van der Waals surface area contributed by atoms with E-state index < -0.39 is 0 Å². The van der Waals surface area contributed by atoms with E-state index >= 15 is 0 Å². The second-order valence-electron chi connectivity index (χ2n) is 6.69. The van der Waals surface area contributed by atoms with Crippen molar-refractivity contribution in [1.82, 2.24) is 5.32 Å². The van der Waals surface area contributed by atoms with Crippen molar-refractivity contribution in [2.75, 3.05) is 13.1 Å². The zero-order valence-electron chi connectivity index (χ0n) is 13.5. The van der Waals surface area contributed by atoms with Crippen molar-refractivity contribution in [2.24, 2.45) is 17.1 Å². The highest BCUT2D eigenvalue weighted by Crippen LogP contribution is 2.38. The molecule has 0 aromatic heterocycles. The molecule has 0 aromatic rings. The second-order valence-corrected chi connectivity index (χ2v) is 6.69. The zero-order valence-corrected chi connectivity index (χ0v) is 13.5. The first-order valence-corrected chi connectivity index (χ1v) is 8.63. The molecule has 1 aliphatic rings. The molecule has 1 rings (SSSR count). The third-order valence-corrected chi connectivity index (χ3v) is 4.92. The van der Waals surface area contributed by atoms with E-state index in [4.69, 9.17) is 5.73 Å². The molecule has 3 nitrogen and oxygen atoms in total. The van der Waals surface area contributed by atoms with E-state index in [1.807, 2.05) is 0 Å². The van der Waals surface area contributed by atoms with Gasteiger partial charge in [0.2, 0.25) is 5.91 Å². The van der Waals surface area contributed by atoms with Gasteiger partial charge in [-0.05, 0) is 38.0 Å². The van der Waals surface area contributed by atoms with Gasteiger partial charge in [-0.1, -0.05) is 46.0 Å². The first-order chi connectivity index (χ1) is 9.64. The van der Waals surface area contributed by atoms with Gasteiger partial charge >= 0.3 is 0 Å². The molecule has 1 fully saturated rings. The molecule has 1 aliphatic carbocycles. The van der Waals surface area contributed by atoms with E-state index in [1.54, 1.807) is 0 Å². The molecule has 0 aromatic carbocycles.